The molecule has 0 amide bonds. The summed E-state index contributed by atoms with van der Waals surface area (Å²) < 4.78 is 6.56. The summed E-state index contributed by atoms with van der Waals surface area (Å²) in [4.78, 5) is 10.2. The maximum atomic E-state index is 10.7. The van der Waals surface area contributed by atoms with Crippen LogP contribution in [0.3, 0.4) is 0 Å². The predicted molar refractivity (Wildman–Crippen MR) is 76.7 cm³/mol. The van der Waals surface area contributed by atoms with Gasteiger partial charge in [0, 0.05) is 21.4 Å². The van der Waals surface area contributed by atoms with Crippen LogP contribution in [0, 0.1) is 13.7 Å². The number of nitrogens with two attached hydrogens (primary N) is 1. The van der Waals surface area contributed by atoms with Crippen molar-refractivity contribution in [1.29, 1.82) is 0 Å². The number of rotatable bonds is 3. The number of ether oxygens (including phenoxy) is 1. The molecule has 5 nitrogen and oxygen atoms in total. The van der Waals surface area contributed by atoms with Gasteiger partial charge in [-0.25, -0.2) is 0 Å². The first kappa shape index (κ1) is 12.6. The molecule has 0 heterocycles. The molecule has 0 aliphatic rings. The molecule has 2 N–H and O–H groups in total. The first-order valence-electron chi connectivity index (χ1n) is 5.03. The van der Waals surface area contributed by atoms with Crippen LogP contribution in [0.2, 0.25) is 0 Å². The Morgan fingerprint density at radius 2 is 1.94 bits per heavy atom. The smallest absolute Gasteiger partial charge is 0.275 e. The van der Waals surface area contributed by atoms with E-state index in [0.717, 1.165) is 3.57 Å². The van der Waals surface area contributed by atoms with Crippen molar-refractivity contribution >= 4 is 34.0 Å². The van der Waals surface area contributed by atoms with Gasteiger partial charge < -0.3 is 10.5 Å². The second kappa shape index (κ2) is 5.21. The highest BCUT2D eigenvalue weighted by atomic mass is 127. The lowest BCUT2D eigenvalue weighted by atomic mass is 10.2. The van der Waals surface area contributed by atoms with Crippen molar-refractivity contribution in [2.24, 2.45) is 0 Å². The number of hydrogen-bond acceptors (Lipinski definition) is 4. The molecule has 2 rings (SSSR count). The van der Waals surface area contributed by atoms with E-state index in [4.69, 9.17) is 10.5 Å². The number of nitrogen functional groups attached to an aromatic ring is 1. The number of non-ortho nitro benzene ring substituents is 1. The van der Waals surface area contributed by atoms with E-state index in [-0.39, 0.29) is 5.69 Å². The molecular formula is C12H9IN2O3. The van der Waals surface area contributed by atoms with Crippen LogP contribution in [0.25, 0.3) is 0 Å². The fraction of sp³-hybridized carbons (Fsp3) is 0. The number of benzene rings is 2. The molecule has 18 heavy (non-hydrogen) atoms. The Bertz CT molecular complexity index is 602. The van der Waals surface area contributed by atoms with Crippen LogP contribution in [0.5, 0.6) is 11.5 Å². The molecule has 0 aliphatic carbocycles. The van der Waals surface area contributed by atoms with Gasteiger partial charge in [0.25, 0.3) is 5.69 Å². The summed E-state index contributed by atoms with van der Waals surface area (Å²) >= 11 is 2.16. The Morgan fingerprint density at radius 1 is 1.17 bits per heavy atom. The van der Waals surface area contributed by atoms with E-state index >= 15 is 0 Å². The molecule has 0 spiro atoms. The molecule has 0 saturated carbocycles. The number of hydrogen-bond donors (Lipinski definition) is 1. The van der Waals surface area contributed by atoms with E-state index in [2.05, 4.69) is 22.6 Å². The predicted octanol–water partition coefficient (Wildman–Crippen LogP) is 3.57. The molecule has 92 valence electrons. The average molecular weight is 356 g/mol. The largest absolute Gasteiger partial charge is 0.457 e. The Hall–Kier alpha value is -1.83. The number of anilines is 1. The van der Waals surface area contributed by atoms with E-state index < -0.39 is 4.92 Å². The summed E-state index contributed by atoms with van der Waals surface area (Å²) in [6.45, 7) is 0. The lowest BCUT2D eigenvalue weighted by Crippen LogP contribution is -1.93. The Morgan fingerprint density at radius 3 is 2.61 bits per heavy atom. The van der Waals surface area contributed by atoms with Crippen molar-refractivity contribution in [2.45, 2.75) is 0 Å². The Labute approximate surface area is 117 Å². The summed E-state index contributed by atoms with van der Waals surface area (Å²) in [5.41, 5.74) is 5.80. The summed E-state index contributed by atoms with van der Waals surface area (Å²) in [6, 6.07) is 11.6. The van der Waals surface area contributed by atoms with Crippen LogP contribution < -0.4 is 10.5 Å². The highest BCUT2D eigenvalue weighted by Gasteiger charge is 2.09. The minimum atomic E-state index is -0.502. The molecule has 2 aromatic carbocycles. The van der Waals surface area contributed by atoms with Crippen LogP contribution in [0.1, 0.15) is 0 Å². The highest BCUT2D eigenvalue weighted by molar-refractivity contribution is 14.1. The molecule has 0 aliphatic heterocycles. The van der Waals surface area contributed by atoms with Crippen molar-refractivity contribution in [3.63, 3.8) is 0 Å². The average Bonchev–Trinajstić information content (AvgIpc) is 2.28. The number of nitro groups is 1. The van der Waals surface area contributed by atoms with Crippen molar-refractivity contribution in [1.82, 2.24) is 0 Å². The fourth-order valence-electron chi connectivity index (χ4n) is 1.44. The molecule has 0 bridgehead atoms. The number of halogens is 1. The third-order valence-corrected chi connectivity index (χ3v) is 2.83. The SMILES string of the molecule is Nc1cc(Oc2cccc(I)c2)cc([N+](=O)[O-])c1. The van der Waals surface area contributed by atoms with Crippen LogP contribution in [-0.4, -0.2) is 4.92 Å². The Kier molecular flexibility index (Phi) is 3.66. The molecule has 2 aromatic rings. The van der Waals surface area contributed by atoms with Gasteiger partial charge in [-0.15, -0.1) is 0 Å². The van der Waals surface area contributed by atoms with Crippen molar-refractivity contribution in [2.75, 3.05) is 5.73 Å². The monoisotopic (exact) mass is 356 g/mol. The molecule has 6 heteroatoms. The number of nitro benzene ring substituents is 1. The fourth-order valence-corrected chi connectivity index (χ4v) is 1.95. The van der Waals surface area contributed by atoms with Crippen LogP contribution in [0.4, 0.5) is 11.4 Å². The van der Waals surface area contributed by atoms with E-state index in [1.165, 1.54) is 12.1 Å². The van der Waals surface area contributed by atoms with Gasteiger partial charge >= 0.3 is 0 Å². The molecule has 0 saturated heterocycles. The van der Waals surface area contributed by atoms with Crippen molar-refractivity contribution in [3.8, 4) is 11.5 Å². The van der Waals surface area contributed by atoms with Gasteiger partial charge in [-0.3, -0.25) is 10.1 Å². The lowest BCUT2D eigenvalue weighted by Gasteiger charge is -2.06. The third kappa shape index (κ3) is 3.10. The van der Waals surface area contributed by atoms with Gasteiger partial charge in [-0.2, -0.15) is 0 Å². The lowest BCUT2D eigenvalue weighted by molar-refractivity contribution is -0.384. The molecule has 0 fully saturated rings. The van der Waals surface area contributed by atoms with Gasteiger partial charge in [0.1, 0.15) is 11.5 Å². The zero-order valence-electron chi connectivity index (χ0n) is 9.17. The van der Waals surface area contributed by atoms with Crippen LogP contribution >= 0.6 is 22.6 Å². The minimum absolute atomic E-state index is 0.0874. The van der Waals surface area contributed by atoms with Gasteiger partial charge in [0.2, 0.25) is 0 Å². The molecular weight excluding hydrogens is 347 g/mol. The summed E-state index contributed by atoms with van der Waals surface area (Å²) in [6.07, 6.45) is 0. The van der Waals surface area contributed by atoms with Crippen molar-refractivity contribution < 1.29 is 9.66 Å². The summed E-state index contributed by atoms with van der Waals surface area (Å²) in [5.74, 6) is 0.963. The van der Waals surface area contributed by atoms with Gasteiger partial charge in [-0.1, -0.05) is 6.07 Å². The normalized spacial score (nSPS) is 10.1. The van der Waals surface area contributed by atoms with Gasteiger partial charge in [0.15, 0.2) is 0 Å². The second-order valence-corrected chi connectivity index (χ2v) is 4.82. The van der Waals surface area contributed by atoms with Crippen LogP contribution in [-0.2, 0) is 0 Å². The summed E-state index contributed by atoms with van der Waals surface area (Å²) in [7, 11) is 0. The van der Waals surface area contributed by atoms with Crippen molar-refractivity contribution in [3.05, 3.63) is 56.1 Å². The first-order valence-corrected chi connectivity index (χ1v) is 6.11. The topological polar surface area (TPSA) is 78.4 Å². The van der Waals surface area contributed by atoms with E-state index in [1.54, 1.807) is 12.1 Å². The third-order valence-electron chi connectivity index (χ3n) is 2.16. The molecule has 0 atom stereocenters. The molecule has 0 radical (unpaired) electrons. The number of nitrogens with zero attached hydrogens (tertiary/aromatic N) is 1. The molecule has 0 unspecified atom stereocenters. The highest BCUT2D eigenvalue weighted by Crippen LogP contribution is 2.28. The van der Waals surface area contributed by atoms with Gasteiger partial charge in [0.05, 0.1) is 11.0 Å². The second-order valence-electron chi connectivity index (χ2n) is 3.58. The van der Waals surface area contributed by atoms with E-state index in [9.17, 15) is 10.1 Å². The maximum Gasteiger partial charge on any atom is 0.275 e. The minimum Gasteiger partial charge on any atom is -0.457 e. The Balaban J connectivity index is 2.31. The van der Waals surface area contributed by atoms with E-state index in [0.29, 0.717) is 17.2 Å². The molecule has 0 aromatic heterocycles. The maximum absolute atomic E-state index is 10.7. The zero-order valence-corrected chi connectivity index (χ0v) is 11.3. The zero-order chi connectivity index (χ0) is 13.1. The summed E-state index contributed by atoms with van der Waals surface area (Å²) in [5, 5.41) is 10.7. The van der Waals surface area contributed by atoms with E-state index in [1.807, 2.05) is 18.2 Å². The van der Waals surface area contributed by atoms with Gasteiger partial charge in [-0.05, 0) is 40.8 Å². The standard InChI is InChI=1S/C12H9IN2O3/c13-8-2-1-3-11(4-8)18-12-6-9(14)5-10(7-12)15(16)17/h1-7H,14H2. The van der Waals surface area contributed by atoms with Crippen LogP contribution in [0.15, 0.2) is 42.5 Å². The first-order chi connectivity index (χ1) is 8.54. The quantitative estimate of drug-likeness (QED) is 0.395.